The van der Waals surface area contributed by atoms with Gasteiger partial charge in [0.1, 0.15) is 18.1 Å². The molecular weight excluding hydrogens is 346 g/mol. The van der Waals surface area contributed by atoms with E-state index in [1.165, 1.54) is 0 Å². The maximum Gasteiger partial charge on any atom is 0.310 e. The van der Waals surface area contributed by atoms with Gasteiger partial charge >= 0.3 is 5.97 Å². The molecule has 0 aromatic heterocycles. The number of hydrogen-bond acceptors (Lipinski definition) is 5. The minimum absolute atomic E-state index is 0.133. The van der Waals surface area contributed by atoms with Gasteiger partial charge in [0.05, 0.1) is 12.1 Å². The smallest absolute Gasteiger partial charge is 0.310 e. The Morgan fingerprint density at radius 3 is 2.56 bits per heavy atom. The third-order valence-corrected chi connectivity index (χ3v) is 4.86. The van der Waals surface area contributed by atoms with Crippen LogP contribution in [0.1, 0.15) is 36.3 Å². The molecule has 4 rings (SSSR count). The molecule has 6 heteroatoms. The van der Waals surface area contributed by atoms with E-state index >= 15 is 0 Å². The van der Waals surface area contributed by atoms with Gasteiger partial charge < -0.3 is 14.8 Å². The van der Waals surface area contributed by atoms with Crippen LogP contribution < -0.4 is 10.1 Å². The normalized spacial score (nSPS) is 18.7. The van der Waals surface area contributed by atoms with Gasteiger partial charge in [-0.05, 0) is 29.2 Å². The highest BCUT2D eigenvalue weighted by molar-refractivity contribution is 5.99. The molecule has 1 saturated carbocycles. The van der Waals surface area contributed by atoms with Crippen LogP contribution in [0, 0.1) is 0 Å². The molecule has 138 valence electrons. The summed E-state index contributed by atoms with van der Waals surface area (Å²) in [6.45, 7) is 0.133. The highest BCUT2D eigenvalue weighted by Crippen LogP contribution is 2.33. The molecule has 1 aliphatic heterocycles. The predicted molar refractivity (Wildman–Crippen MR) is 97.3 cm³/mol. The maximum absolute atomic E-state index is 12.1. The quantitative estimate of drug-likeness (QED) is 0.824. The summed E-state index contributed by atoms with van der Waals surface area (Å²) < 4.78 is 10.9. The lowest BCUT2D eigenvalue weighted by Crippen LogP contribution is -2.38. The van der Waals surface area contributed by atoms with Gasteiger partial charge in [0.2, 0.25) is 0 Å². The third kappa shape index (κ3) is 3.84. The molecule has 0 bridgehead atoms. The molecule has 2 aromatic rings. The van der Waals surface area contributed by atoms with Crippen LogP contribution in [0.4, 0.5) is 5.69 Å². The monoisotopic (exact) mass is 365 g/mol. The fourth-order valence-electron chi connectivity index (χ4n) is 3.21. The molecular formula is C21H19NO5. The van der Waals surface area contributed by atoms with Crippen molar-refractivity contribution in [3.05, 3.63) is 59.7 Å². The van der Waals surface area contributed by atoms with E-state index in [-0.39, 0.29) is 18.9 Å². The Hall–Kier alpha value is -3.15. The van der Waals surface area contributed by atoms with Gasteiger partial charge in [0, 0.05) is 12.8 Å². The van der Waals surface area contributed by atoms with Crippen molar-refractivity contribution in [2.75, 3.05) is 5.32 Å². The second-order valence-electron chi connectivity index (χ2n) is 6.84. The van der Waals surface area contributed by atoms with Crippen LogP contribution in [0.2, 0.25) is 0 Å². The summed E-state index contributed by atoms with van der Waals surface area (Å²) in [5, 5.41) is 2.72. The molecule has 1 aliphatic carbocycles. The Kier molecular flexibility index (Phi) is 4.62. The zero-order valence-electron chi connectivity index (χ0n) is 14.6. The van der Waals surface area contributed by atoms with Gasteiger partial charge in [-0.3, -0.25) is 14.4 Å². The molecule has 1 atom stereocenters. The fourth-order valence-corrected chi connectivity index (χ4v) is 3.21. The molecule has 1 unspecified atom stereocenters. The molecule has 1 heterocycles. The molecule has 6 nitrogen and oxygen atoms in total. The summed E-state index contributed by atoms with van der Waals surface area (Å²) in [6.07, 6.45) is 0.176. The van der Waals surface area contributed by atoms with Crippen molar-refractivity contribution in [2.24, 2.45) is 0 Å². The van der Waals surface area contributed by atoms with Crippen LogP contribution >= 0.6 is 0 Å². The molecule has 0 radical (unpaired) electrons. The number of rotatable bonds is 5. The van der Waals surface area contributed by atoms with Crippen molar-refractivity contribution in [3.8, 4) is 5.75 Å². The van der Waals surface area contributed by atoms with E-state index < -0.39 is 12.1 Å². The minimum atomic E-state index is -0.897. The van der Waals surface area contributed by atoms with E-state index in [0.717, 1.165) is 11.1 Å². The van der Waals surface area contributed by atoms with Crippen molar-refractivity contribution in [3.63, 3.8) is 0 Å². The first-order chi connectivity index (χ1) is 13.1. The van der Waals surface area contributed by atoms with Crippen molar-refractivity contribution < 1.29 is 23.9 Å². The Bertz CT molecular complexity index is 882. The molecule has 0 saturated heterocycles. The molecule has 2 aromatic carbocycles. The first kappa shape index (κ1) is 17.3. The number of anilines is 1. The second-order valence-corrected chi connectivity index (χ2v) is 6.84. The summed E-state index contributed by atoms with van der Waals surface area (Å²) in [7, 11) is 0. The zero-order valence-corrected chi connectivity index (χ0v) is 14.6. The number of ketones is 1. The first-order valence-corrected chi connectivity index (χ1v) is 8.91. The number of carbonyl (C=O) groups is 3. The lowest BCUT2D eigenvalue weighted by Gasteiger charge is -2.25. The van der Waals surface area contributed by atoms with Crippen LogP contribution in [0.25, 0.3) is 0 Å². The van der Waals surface area contributed by atoms with Crippen LogP contribution in [0.5, 0.6) is 5.75 Å². The van der Waals surface area contributed by atoms with Gasteiger partial charge in [0.25, 0.3) is 5.91 Å². The number of hydrogen-bond donors (Lipinski definition) is 1. The number of benzene rings is 2. The Morgan fingerprint density at radius 1 is 1.07 bits per heavy atom. The summed E-state index contributed by atoms with van der Waals surface area (Å²) >= 11 is 0. The number of ether oxygens (including phenoxy) is 2. The number of carbonyl (C=O) groups excluding carboxylic acids is 3. The molecule has 2 aliphatic rings. The van der Waals surface area contributed by atoms with Gasteiger partial charge in [-0.25, -0.2) is 0 Å². The van der Waals surface area contributed by atoms with Crippen molar-refractivity contribution in [2.45, 2.75) is 37.9 Å². The number of Topliss-reactive ketones (excluding diaryl/α,β-unsaturated/α-hetero) is 1. The average molecular weight is 365 g/mol. The Labute approximate surface area is 156 Å². The number of esters is 1. The topological polar surface area (TPSA) is 81.7 Å². The fraction of sp³-hybridized carbons (Fsp3) is 0.286. The van der Waals surface area contributed by atoms with E-state index in [9.17, 15) is 14.4 Å². The van der Waals surface area contributed by atoms with Crippen LogP contribution in [-0.2, 0) is 25.7 Å². The van der Waals surface area contributed by atoms with Crippen molar-refractivity contribution in [1.82, 2.24) is 0 Å². The standard InChI is InChI=1S/C21H19NO5/c23-16-9-15(10-16)14-7-5-13(6-8-14)12-26-20(24)11-19-21(25)22-17-3-1-2-4-18(17)27-19/h1-8,15,19H,9-12H2,(H,22,25). The van der Waals surface area contributed by atoms with E-state index in [4.69, 9.17) is 9.47 Å². The third-order valence-electron chi connectivity index (χ3n) is 4.86. The number of amides is 1. The maximum atomic E-state index is 12.1. The number of para-hydroxylation sites is 2. The molecule has 1 amide bonds. The number of fused-ring (bicyclic) bond motifs is 1. The highest BCUT2D eigenvalue weighted by atomic mass is 16.5. The molecule has 0 spiro atoms. The van der Waals surface area contributed by atoms with E-state index in [0.29, 0.717) is 36.0 Å². The zero-order chi connectivity index (χ0) is 18.8. The van der Waals surface area contributed by atoms with Gasteiger partial charge in [-0.2, -0.15) is 0 Å². The molecule has 1 fully saturated rings. The van der Waals surface area contributed by atoms with E-state index in [2.05, 4.69) is 5.32 Å². The average Bonchev–Trinajstić information content (AvgIpc) is 2.65. The second kappa shape index (κ2) is 7.23. The van der Waals surface area contributed by atoms with Crippen molar-refractivity contribution >= 4 is 23.3 Å². The van der Waals surface area contributed by atoms with Gasteiger partial charge in [0.15, 0.2) is 6.10 Å². The van der Waals surface area contributed by atoms with Crippen LogP contribution in [0.3, 0.4) is 0 Å². The highest BCUT2D eigenvalue weighted by Gasteiger charge is 2.30. The Balaban J connectivity index is 1.28. The summed E-state index contributed by atoms with van der Waals surface area (Å²) in [5.74, 6) is 0.307. The van der Waals surface area contributed by atoms with Crippen LogP contribution in [0.15, 0.2) is 48.5 Å². The van der Waals surface area contributed by atoms with E-state index in [1.54, 1.807) is 24.3 Å². The lowest BCUT2D eigenvalue weighted by atomic mass is 9.79. The summed E-state index contributed by atoms with van der Waals surface area (Å²) in [6, 6.07) is 14.8. The first-order valence-electron chi connectivity index (χ1n) is 8.91. The Morgan fingerprint density at radius 2 is 1.81 bits per heavy atom. The van der Waals surface area contributed by atoms with E-state index in [1.807, 2.05) is 24.3 Å². The molecule has 27 heavy (non-hydrogen) atoms. The van der Waals surface area contributed by atoms with Crippen LogP contribution in [-0.4, -0.2) is 23.8 Å². The summed E-state index contributed by atoms with van der Waals surface area (Å²) in [4.78, 5) is 35.2. The lowest BCUT2D eigenvalue weighted by molar-refractivity contribution is -0.149. The largest absolute Gasteiger partial charge is 0.478 e. The van der Waals surface area contributed by atoms with Gasteiger partial charge in [-0.1, -0.05) is 36.4 Å². The predicted octanol–water partition coefficient (Wildman–Crippen LogP) is 2.97. The SMILES string of the molecule is O=C1CC(c2ccc(COC(=O)CC3Oc4ccccc4NC3=O)cc2)C1. The summed E-state index contributed by atoms with van der Waals surface area (Å²) in [5.41, 5.74) is 2.59. The van der Waals surface area contributed by atoms with Crippen molar-refractivity contribution in [1.29, 1.82) is 0 Å². The molecule has 1 N–H and O–H groups in total. The minimum Gasteiger partial charge on any atom is -0.478 e. The number of nitrogens with one attached hydrogen (secondary N) is 1. The van der Waals surface area contributed by atoms with Gasteiger partial charge in [-0.15, -0.1) is 0 Å².